The van der Waals surface area contributed by atoms with Crippen LogP contribution in [0.2, 0.25) is 0 Å². The SMILES string of the molecule is CCOc1ncccc1CNC(=O)c1cc2ccccc2cc1NC(=O)C1CC1. The summed E-state index contributed by atoms with van der Waals surface area (Å²) in [7, 11) is 0. The molecule has 0 radical (unpaired) electrons. The summed E-state index contributed by atoms with van der Waals surface area (Å²) in [5, 5.41) is 7.78. The highest BCUT2D eigenvalue weighted by atomic mass is 16.5. The topological polar surface area (TPSA) is 80.3 Å². The Kier molecular flexibility index (Phi) is 5.42. The second-order valence-corrected chi connectivity index (χ2v) is 7.09. The van der Waals surface area contributed by atoms with Crippen LogP contribution in [0.4, 0.5) is 5.69 Å². The molecule has 6 heteroatoms. The van der Waals surface area contributed by atoms with Crippen molar-refractivity contribution in [2.24, 2.45) is 5.92 Å². The molecule has 1 heterocycles. The first-order valence-corrected chi connectivity index (χ1v) is 9.84. The van der Waals surface area contributed by atoms with Gasteiger partial charge in [0.2, 0.25) is 11.8 Å². The van der Waals surface area contributed by atoms with Crippen molar-refractivity contribution in [3.05, 3.63) is 65.9 Å². The molecule has 4 rings (SSSR count). The normalized spacial score (nSPS) is 13.1. The number of carbonyl (C=O) groups is 2. The second-order valence-electron chi connectivity index (χ2n) is 7.09. The maximum atomic E-state index is 13.0. The van der Waals surface area contributed by atoms with E-state index in [2.05, 4.69) is 15.6 Å². The van der Waals surface area contributed by atoms with Gasteiger partial charge in [-0.15, -0.1) is 0 Å². The fourth-order valence-electron chi connectivity index (χ4n) is 3.21. The van der Waals surface area contributed by atoms with Crippen LogP contribution in [-0.2, 0) is 11.3 Å². The van der Waals surface area contributed by atoms with Crippen molar-refractivity contribution in [1.82, 2.24) is 10.3 Å². The van der Waals surface area contributed by atoms with Crippen molar-refractivity contribution in [2.45, 2.75) is 26.3 Å². The molecule has 0 bridgehead atoms. The number of hydrogen-bond donors (Lipinski definition) is 2. The smallest absolute Gasteiger partial charge is 0.253 e. The molecule has 2 aromatic carbocycles. The van der Waals surface area contributed by atoms with Crippen molar-refractivity contribution in [3.8, 4) is 5.88 Å². The number of nitrogens with one attached hydrogen (secondary N) is 2. The summed E-state index contributed by atoms with van der Waals surface area (Å²) >= 11 is 0. The summed E-state index contributed by atoms with van der Waals surface area (Å²) in [4.78, 5) is 29.5. The minimum atomic E-state index is -0.256. The summed E-state index contributed by atoms with van der Waals surface area (Å²) in [6.07, 6.45) is 3.47. The molecule has 3 aromatic rings. The zero-order valence-electron chi connectivity index (χ0n) is 16.3. The van der Waals surface area contributed by atoms with E-state index >= 15 is 0 Å². The lowest BCUT2D eigenvalue weighted by atomic mass is 10.0. The number of benzene rings is 2. The molecule has 2 N–H and O–H groups in total. The molecule has 0 saturated heterocycles. The van der Waals surface area contributed by atoms with Crippen LogP contribution < -0.4 is 15.4 Å². The van der Waals surface area contributed by atoms with Gasteiger partial charge in [0.15, 0.2) is 0 Å². The molecule has 1 aromatic heterocycles. The molecular formula is C23H23N3O3. The highest BCUT2D eigenvalue weighted by Crippen LogP contribution is 2.32. The number of rotatable bonds is 7. The molecule has 0 aliphatic heterocycles. The van der Waals surface area contributed by atoms with Crippen molar-refractivity contribution in [3.63, 3.8) is 0 Å². The van der Waals surface area contributed by atoms with Crippen LogP contribution in [0.3, 0.4) is 0 Å². The number of hydrogen-bond acceptors (Lipinski definition) is 4. The lowest BCUT2D eigenvalue weighted by Crippen LogP contribution is -2.25. The van der Waals surface area contributed by atoms with E-state index in [1.54, 1.807) is 12.3 Å². The van der Waals surface area contributed by atoms with Gasteiger partial charge in [-0.2, -0.15) is 0 Å². The molecule has 1 saturated carbocycles. The standard InChI is InChI=1S/C23H23N3O3/c1-2-29-23-18(8-5-11-24-23)14-25-22(28)19-12-16-6-3-4-7-17(16)13-20(19)26-21(27)15-9-10-15/h3-8,11-13,15H,2,9-10,14H2,1H3,(H,25,28)(H,26,27). The number of ether oxygens (including phenoxy) is 1. The molecule has 2 amide bonds. The Morgan fingerprint density at radius 1 is 1.10 bits per heavy atom. The van der Waals surface area contributed by atoms with E-state index in [9.17, 15) is 9.59 Å². The first-order chi connectivity index (χ1) is 14.2. The zero-order valence-corrected chi connectivity index (χ0v) is 16.3. The number of aromatic nitrogens is 1. The minimum Gasteiger partial charge on any atom is -0.478 e. The number of anilines is 1. The number of fused-ring (bicyclic) bond motifs is 1. The molecule has 148 valence electrons. The monoisotopic (exact) mass is 389 g/mol. The molecule has 1 aliphatic rings. The Hall–Kier alpha value is -3.41. The molecule has 0 unspecified atom stereocenters. The van der Waals surface area contributed by atoms with Crippen LogP contribution >= 0.6 is 0 Å². The van der Waals surface area contributed by atoms with E-state index in [1.807, 2.05) is 49.4 Å². The van der Waals surface area contributed by atoms with Crippen molar-refractivity contribution < 1.29 is 14.3 Å². The lowest BCUT2D eigenvalue weighted by molar-refractivity contribution is -0.117. The molecule has 1 aliphatic carbocycles. The van der Waals surface area contributed by atoms with Gasteiger partial charge in [0.05, 0.1) is 17.9 Å². The van der Waals surface area contributed by atoms with Gasteiger partial charge in [0, 0.05) is 24.2 Å². The lowest BCUT2D eigenvalue weighted by Gasteiger charge is -2.14. The fourth-order valence-corrected chi connectivity index (χ4v) is 3.21. The van der Waals surface area contributed by atoms with Crippen LogP contribution in [0, 0.1) is 5.92 Å². The molecule has 0 spiro atoms. The Bertz CT molecular complexity index is 1060. The van der Waals surface area contributed by atoms with Gasteiger partial charge in [-0.25, -0.2) is 4.98 Å². The Morgan fingerprint density at radius 3 is 2.59 bits per heavy atom. The van der Waals surface area contributed by atoms with Gasteiger partial charge in [-0.05, 0) is 48.7 Å². The Balaban J connectivity index is 1.59. The Labute approximate surface area is 169 Å². The summed E-state index contributed by atoms with van der Waals surface area (Å²) in [6.45, 7) is 2.67. The van der Waals surface area contributed by atoms with Gasteiger partial charge < -0.3 is 15.4 Å². The third-order valence-electron chi connectivity index (χ3n) is 4.91. The van der Waals surface area contributed by atoms with Crippen molar-refractivity contribution in [1.29, 1.82) is 0 Å². The summed E-state index contributed by atoms with van der Waals surface area (Å²) in [5.41, 5.74) is 1.78. The fraction of sp³-hybridized carbons (Fsp3) is 0.261. The molecule has 0 atom stereocenters. The maximum absolute atomic E-state index is 13.0. The van der Waals surface area contributed by atoms with Gasteiger partial charge in [0.25, 0.3) is 5.91 Å². The van der Waals surface area contributed by atoms with E-state index in [0.29, 0.717) is 23.7 Å². The van der Waals surface area contributed by atoms with Gasteiger partial charge in [0.1, 0.15) is 0 Å². The molecular weight excluding hydrogens is 366 g/mol. The summed E-state index contributed by atoms with van der Waals surface area (Å²) in [6, 6.07) is 15.1. The third kappa shape index (κ3) is 4.37. The summed E-state index contributed by atoms with van der Waals surface area (Å²) < 4.78 is 5.52. The predicted octanol–water partition coefficient (Wildman–Crippen LogP) is 3.91. The van der Waals surface area contributed by atoms with Gasteiger partial charge in [-0.1, -0.05) is 30.3 Å². The first-order valence-electron chi connectivity index (χ1n) is 9.84. The average Bonchev–Trinajstić information content (AvgIpc) is 3.58. The average molecular weight is 389 g/mol. The summed E-state index contributed by atoms with van der Waals surface area (Å²) in [5.74, 6) is 0.283. The highest BCUT2D eigenvalue weighted by molar-refractivity contribution is 6.08. The van der Waals surface area contributed by atoms with E-state index in [1.165, 1.54) is 0 Å². The van der Waals surface area contributed by atoms with Crippen LogP contribution in [0.5, 0.6) is 5.88 Å². The highest BCUT2D eigenvalue weighted by Gasteiger charge is 2.30. The third-order valence-corrected chi connectivity index (χ3v) is 4.91. The Morgan fingerprint density at radius 2 is 1.86 bits per heavy atom. The van der Waals surface area contributed by atoms with Crippen molar-refractivity contribution >= 4 is 28.3 Å². The van der Waals surface area contributed by atoms with Crippen LogP contribution in [0.15, 0.2) is 54.7 Å². The number of amides is 2. The first kappa shape index (κ1) is 18.9. The van der Waals surface area contributed by atoms with Gasteiger partial charge in [-0.3, -0.25) is 9.59 Å². The van der Waals surface area contributed by atoms with E-state index in [-0.39, 0.29) is 24.3 Å². The maximum Gasteiger partial charge on any atom is 0.253 e. The van der Waals surface area contributed by atoms with Crippen LogP contribution in [-0.4, -0.2) is 23.4 Å². The number of pyridine rings is 1. The molecule has 1 fully saturated rings. The predicted molar refractivity (Wildman–Crippen MR) is 112 cm³/mol. The minimum absolute atomic E-state index is 0.0276. The van der Waals surface area contributed by atoms with E-state index < -0.39 is 0 Å². The molecule has 29 heavy (non-hydrogen) atoms. The van der Waals surface area contributed by atoms with Crippen LogP contribution in [0.1, 0.15) is 35.7 Å². The van der Waals surface area contributed by atoms with Crippen LogP contribution in [0.25, 0.3) is 10.8 Å². The number of carbonyl (C=O) groups excluding carboxylic acids is 2. The quantitative estimate of drug-likeness (QED) is 0.642. The van der Waals surface area contributed by atoms with Crippen molar-refractivity contribution in [2.75, 3.05) is 11.9 Å². The second kappa shape index (κ2) is 8.31. The largest absolute Gasteiger partial charge is 0.478 e. The number of nitrogens with zero attached hydrogens (tertiary/aromatic N) is 1. The van der Waals surface area contributed by atoms with E-state index in [0.717, 1.165) is 29.2 Å². The zero-order chi connectivity index (χ0) is 20.2. The molecule has 6 nitrogen and oxygen atoms in total. The van der Waals surface area contributed by atoms with E-state index in [4.69, 9.17) is 4.74 Å². The van der Waals surface area contributed by atoms with Gasteiger partial charge >= 0.3 is 0 Å².